The number of rotatable bonds is 6. The smallest absolute Gasteiger partial charge is 0.257 e. The molecular weight excluding hydrogens is 446 g/mol. The number of aromatic nitrogens is 2. The van der Waals surface area contributed by atoms with Crippen LogP contribution in [0, 0.1) is 0 Å². The highest BCUT2D eigenvalue weighted by Crippen LogP contribution is 2.36. The van der Waals surface area contributed by atoms with E-state index in [0.717, 1.165) is 16.0 Å². The summed E-state index contributed by atoms with van der Waals surface area (Å²) in [4.78, 5) is 34.8. The van der Waals surface area contributed by atoms with Crippen LogP contribution in [0.2, 0.25) is 5.02 Å². The number of amides is 1. The fraction of sp³-hybridized carbons (Fsp3) is 0.0833. The van der Waals surface area contributed by atoms with Crippen LogP contribution in [0.1, 0.15) is 27.0 Å². The standard InChI is InChI=1S/C24H18ClN3O3S/c1-14(29)20-8-9-21(32-20)19-11-16(12-27-23(19)15-3-5-17(25)6-4-15)24(30)28-18-7-10-22(31-2)26-13-18/h3-13H,1-2H3,(H,28,30). The summed E-state index contributed by atoms with van der Waals surface area (Å²) in [6.45, 7) is 1.53. The average Bonchev–Trinajstić information content (AvgIpc) is 3.30. The molecule has 32 heavy (non-hydrogen) atoms. The minimum absolute atomic E-state index is 0.0110. The molecule has 1 N–H and O–H groups in total. The Kier molecular flexibility index (Phi) is 6.30. The van der Waals surface area contributed by atoms with Crippen LogP contribution in [-0.4, -0.2) is 28.8 Å². The topological polar surface area (TPSA) is 81.2 Å². The number of thiophene rings is 1. The second-order valence-electron chi connectivity index (χ2n) is 6.89. The molecule has 0 aliphatic rings. The highest BCUT2D eigenvalue weighted by Gasteiger charge is 2.17. The highest BCUT2D eigenvalue weighted by atomic mass is 35.5. The lowest BCUT2D eigenvalue weighted by atomic mass is 10.0. The fourth-order valence-corrected chi connectivity index (χ4v) is 4.11. The number of nitrogens with one attached hydrogen (secondary N) is 1. The number of Topliss-reactive ketones (excluding diaryl/α,β-unsaturated/α-hetero) is 1. The predicted octanol–water partition coefficient (Wildman–Crippen LogP) is 5.99. The number of nitrogens with zero attached hydrogens (tertiary/aromatic N) is 2. The molecule has 0 radical (unpaired) electrons. The van der Waals surface area contributed by atoms with Crippen LogP contribution < -0.4 is 10.1 Å². The maximum atomic E-state index is 12.9. The summed E-state index contributed by atoms with van der Waals surface area (Å²) >= 11 is 7.40. The van der Waals surface area contributed by atoms with E-state index in [9.17, 15) is 9.59 Å². The van der Waals surface area contributed by atoms with Gasteiger partial charge in [-0.2, -0.15) is 0 Å². The number of carbonyl (C=O) groups is 2. The molecule has 4 rings (SSSR count). The minimum Gasteiger partial charge on any atom is -0.481 e. The molecule has 0 atom stereocenters. The molecule has 8 heteroatoms. The second-order valence-corrected chi connectivity index (χ2v) is 8.41. The van der Waals surface area contributed by atoms with Crippen LogP contribution in [0.3, 0.4) is 0 Å². The van der Waals surface area contributed by atoms with Crippen LogP contribution in [0.25, 0.3) is 21.7 Å². The van der Waals surface area contributed by atoms with Gasteiger partial charge >= 0.3 is 0 Å². The van der Waals surface area contributed by atoms with Gasteiger partial charge in [-0.3, -0.25) is 14.6 Å². The molecule has 160 valence electrons. The van der Waals surface area contributed by atoms with Crippen LogP contribution in [0.15, 0.2) is 67.0 Å². The Balaban J connectivity index is 1.73. The van der Waals surface area contributed by atoms with E-state index in [1.807, 2.05) is 18.2 Å². The third-order valence-corrected chi connectivity index (χ3v) is 6.16. The van der Waals surface area contributed by atoms with Gasteiger partial charge in [0.05, 0.1) is 35.1 Å². The summed E-state index contributed by atoms with van der Waals surface area (Å²) < 4.78 is 5.04. The summed E-state index contributed by atoms with van der Waals surface area (Å²) in [7, 11) is 1.53. The predicted molar refractivity (Wildman–Crippen MR) is 127 cm³/mol. The quantitative estimate of drug-likeness (QED) is 0.355. The van der Waals surface area contributed by atoms with Crippen molar-refractivity contribution in [1.82, 2.24) is 9.97 Å². The molecule has 0 saturated heterocycles. The van der Waals surface area contributed by atoms with Crippen molar-refractivity contribution in [2.24, 2.45) is 0 Å². The van der Waals surface area contributed by atoms with E-state index >= 15 is 0 Å². The van der Waals surface area contributed by atoms with Gasteiger partial charge in [-0.15, -0.1) is 11.3 Å². The molecule has 1 aromatic carbocycles. The van der Waals surface area contributed by atoms with Crippen molar-refractivity contribution in [3.63, 3.8) is 0 Å². The van der Waals surface area contributed by atoms with Gasteiger partial charge < -0.3 is 10.1 Å². The fourth-order valence-electron chi connectivity index (χ4n) is 3.06. The van der Waals surface area contributed by atoms with E-state index < -0.39 is 0 Å². The number of hydrogen-bond donors (Lipinski definition) is 1. The van der Waals surface area contributed by atoms with Gasteiger partial charge in [-0.25, -0.2) is 4.98 Å². The summed E-state index contributed by atoms with van der Waals surface area (Å²) in [6.07, 6.45) is 3.05. The number of pyridine rings is 2. The van der Waals surface area contributed by atoms with E-state index in [-0.39, 0.29) is 11.7 Å². The highest BCUT2D eigenvalue weighted by molar-refractivity contribution is 7.17. The maximum absolute atomic E-state index is 12.9. The first-order chi connectivity index (χ1) is 15.4. The van der Waals surface area contributed by atoms with Crippen LogP contribution >= 0.6 is 22.9 Å². The molecular formula is C24H18ClN3O3S. The lowest BCUT2D eigenvalue weighted by Gasteiger charge is -2.11. The zero-order valence-electron chi connectivity index (χ0n) is 17.3. The van der Waals surface area contributed by atoms with Gasteiger partial charge in [0.15, 0.2) is 5.78 Å². The molecule has 0 aliphatic heterocycles. The summed E-state index contributed by atoms with van der Waals surface area (Å²) in [6, 6.07) is 16.1. The monoisotopic (exact) mass is 463 g/mol. The molecule has 6 nitrogen and oxygen atoms in total. The first-order valence-electron chi connectivity index (χ1n) is 9.63. The van der Waals surface area contributed by atoms with Gasteiger partial charge in [-0.05, 0) is 43.3 Å². The third kappa shape index (κ3) is 4.69. The van der Waals surface area contributed by atoms with Crippen molar-refractivity contribution in [3.05, 3.63) is 82.5 Å². The number of ether oxygens (including phenoxy) is 1. The zero-order chi connectivity index (χ0) is 22.7. The SMILES string of the molecule is COc1ccc(NC(=O)c2cnc(-c3ccc(Cl)cc3)c(-c3ccc(C(C)=O)s3)c2)cn1. The van der Waals surface area contributed by atoms with Gasteiger partial charge in [0, 0.05) is 33.3 Å². The van der Waals surface area contributed by atoms with Gasteiger partial charge in [-0.1, -0.05) is 23.7 Å². The lowest BCUT2D eigenvalue weighted by molar-refractivity contribution is 0.101. The maximum Gasteiger partial charge on any atom is 0.257 e. The van der Waals surface area contributed by atoms with Crippen molar-refractivity contribution in [2.75, 3.05) is 12.4 Å². The summed E-state index contributed by atoms with van der Waals surface area (Å²) in [5.74, 6) is 0.123. The Morgan fingerprint density at radius 2 is 1.78 bits per heavy atom. The van der Waals surface area contributed by atoms with Crippen molar-refractivity contribution in [1.29, 1.82) is 0 Å². The summed E-state index contributed by atoms with van der Waals surface area (Å²) in [5, 5.41) is 3.43. The van der Waals surface area contributed by atoms with E-state index in [0.29, 0.717) is 32.7 Å². The van der Waals surface area contributed by atoms with Crippen LogP contribution in [0.5, 0.6) is 5.88 Å². The largest absolute Gasteiger partial charge is 0.481 e. The number of ketones is 1. The van der Waals surface area contributed by atoms with Crippen molar-refractivity contribution >= 4 is 40.3 Å². The Labute approximate surface area is 193 Å². The Morgan fingerprint density at radius 3 is 2.41 bits per heavy atom. The first kappa shape index (κ1) is 21.7. The first-order valence-corrected chi connectivity index (χ1v) is 10.8. The van der Waals surface area contributed by atoms with Gasteiger partial charge in [0.2, 0.25) is 5.88 Å². The molecule has 0 fully saturated rings. The van der Waals surface area contributed by atoms with Crippen molar-refractivity contribution in [2.45, 2.75) is 6.92 Å². The molecule has 3 aromatic heterocycles. The molecule has 1 amide bonds. The van der Waals surface area contributed by atoms with E-state index in [2.05, 4.69) is 15.3 Å². The molecule has 4 aromatic rings. The lowest BCUT2D eigenvalue weighted by Crippen LogP contribution is -2.13. The Hall–Kier alpha value is -3.55. The number of halogens is 1. The van der Waals surface area contributed by atoms with Crippen molar-refractivity contribution < 1.29 is 14.3 Å². The van der Waals surface area contributed by atoms with Crippen molar-refractivity contribution in [3.8, 4) is 27.6 Å². The zero-order valence-corrected chi connectivity index (χ0v) is 18.8. The Morgan fingerprint density at radius 1 is 1.00 bits per heavy atom. The van der Waals surface area contributed by atoms with E-state index in [1.54, 1.807) is 36.4 Å². The molecule has 3 heterocycles. The number of methoxy groups -OCH3 is 1. The number of carbonyl (C=O) groups excluding carboxylic acids is 2. The molecule has 0 unspecified atom stereocenters. The number of anilines is 1. The minimum atomic E-state index is -0.322. The van der Waals surface area contributed by atoms with Gasteiger partial charge in [0.1, 0.15) is 0 Å². The van der Waals surface area contributed by atoms with E-state index in [1.165, 1.54) is 37.8 Å². The Bertz CT molecular complexity index is 1280. The average molecular weight is 464 g/mol. The third-order valence-electron chi connectivity index (χ3n) is 4.69. The van der Waals surface area contributed by atoms with Crippen LogP contribution in [0.4, 0.5) is 5.69 Å². The summed E-state index contributed by atoms with van der Waals surface area (Å²) in [5.41, 5.74) is 3.22. The number of hydrogen-bond acceptors (Lipinski definition) is 6. The van der Waals surface area contributed by atoms with E-state index in [4.69, 9.17) is 16.3 Å². The molecule has 0 saturated carbocycles. The normalized spacial score (nSPS) is 10.6. The van der Waals surface area contributed by atoms with Crippen LogP contribution in [-0.2, 0) is 0 Å². The molecule has 0 aliphatic carbocycles. The molecule has 0 bridgehead atoms. The number of benzene rings is 1. The second kappa shape index (κ2) is 9.30. The van der Waals surface area contributed by atoms with Gasteiger partial charge in [0.25, 0.3) is 5.91 Å². The molecule has 0 spiro atoms.